The monoisotopic (exact) mass is 445 g/mol. The molecule has 172 valence electrons. The van der Waals surface area contributed by atoms with Gasteiger partial charge in [0.25, 0.3) is 0 Å². The lowest BCUT2D eigenvalue weighted by atomic mass is 9.90. The molecule has 0 bridgehead atoms. The van der Waals surface area contributed by atoms with Crippen LogP contribution in [0.15, 0.2) is 54.6 Å². The van der Waals surface area contributed by atoms with Crippen molar-refractivity contribution in [3.05, 3.63) is 71.4 Å². The number of carbonyl (C=O) groups excluding carboxylic acids is 2. The molecule has 6 nitrogen and oxygen atoms in total. The molecule has 3 aromatic rings. The molecule has 0 saturated carbocycles. The Hall–Kier alpha value is -3.25. The number of anilines is 1. The number of imidazole rings is 1. The van der Waals surface area contributed by atoms with Crippen molar-refractivity contribution in [1.82, 2.24) is 9.55 Å². The van der Waals surface area contributed by atoms with Gasteiger partial charge in [0.1, 0.15) is 11.5 Å². The molecule has 0 fully saturated rings. The van der Waals surface area contributed by atoms with Gasteiger partial charge < -0.3 is 9.67 Å². The summed E-state index contributed by atoms with van der Waals surface area (Å²) in [7, 11) is 1.71. The maximum atomic E-state index is 13.6. The van der Waals surface area contributed by atoms with Crippen LogP contribution >= 0.6 is 0 Å². The van der Waals surface area contributed by atoms with E-state index in [1.807, 2.05) is 66.1 Å². The number of hydrogen-bond donors (Lipinski definition) is 1. The molecular formula is C27H31N3O3. The summed E-state index contributed by atoms with van der Waals surface area (Å²) in [5.41, 5.74) is 3.62. The Labute approximate surface area is 194 Å². The number of Topliss-reactive ketones (excluding diaryl/α,β-unsaturated/α-hetero) is 1. The van der Waals surface area contributed by atoms with E-state index in [-0.39, 0.29) is 24.2 Å². The van der Waals surface area contributed by atoms with Gasteiger partial charge >= 0.3 is 0 Å². The normalized spacial score (nSPS) is 16.5. The first kappa shape index (κ1) is 22.9. The predicted octanol–water partition coefficient (Wildman–Crippen LogP) is 4.62. The molecular weight excluding hydrogens is 414 g/mol. The average Bonchev–Trinajstić information content (AvgIpc) is 3.18. The van der Waals surface area contributed by atoms with E-state index in [4.69, 9.17) is 10.1 Å². The number of aromatic nitrogens is 2. The van der Waals surface area contributed by atoms with Gasteiger partial charge in [-0.1, -0.05) is 66.6 Å². The summed E-state index contributed by atoms with van der Waals surface area (Å²) in [6, 6.07) is 18.1. The second-order valence-electron chi connectivity index (χ2n) is 8.91. The Balaban J connectivity index is 1.81. The van der Waals surface area contributed by atoms with Crippen LogP contribution in [0.5, 0.6) is 0 Å². The molecule has 1 N–H and O–H groups in total. The highest BCUT2D eigenvalue weighted by Gasteiger charge is 2.33. The number of benzene rings is 2. The maximum absolute atomic E-state index is 13.6. The lowest BCUT2D eigenvalue weighted by molar-refractivity contribution is -0.119. The van der Waals surface area contributed by atoms with Gasteiger partial charge in [-0.25, -0.2) is 4.98 Å². The predicted molar refractivity (Wildman–Crippen MR) is 129 cm³/mol. The van der Waals surface area contributed by atoms with Gasteiger partial charge in [0.05, 0.1) is 0 Å². The molecule has 2 heterocycles. The molecule has 1 unspecified atom stereocenters. The van der Waals surface area contributed by atoms with Crippen molar-refractivity contribution in [1.29, 1.82) is 0 Å². The van der Waals surface area contributed by atoms with Crippen molar-refractivity contribution in [2.24, 2.45) is 5.92 Å². The van der Waals surface area contributed by atoms with E-state index >= 15 is 0 Å². The number of carbonyl (C=O) groups is 2. The van der Waals surface area contributed by atoms with Crippen LogP contribution in [0, 0.1) is 12.8 Å². The molecule has 0 radical (unpaired) electrons. The van der Waals surface area contributed by atoms with Gasteiger partial charge in [-0.2, -0.15) is 0 Å². The topological polar surface area (TPSA) is 75.4 Å². The molecule has 4 rings (SSSR count). The van der Waals surface area contributed by atoms with Crippen LogP contribution in [0.2, 0.25) is 0 Å². The number of aryl methyl sites for hydroxylation is 1. The summed E-state index contributed by atoms with van der Waals surface area (Å²) in [4.78, 5) is 33.1. The zero-order valence-electron chi connectivity index (χ0n) is 19.3. The minimum absolute atomic E-state index is 0.0140. The lowest BCUT2D eigenvalue weighted by Crippen LogP contribution is -2.33. The van der Waals surface area contributed by atoms with E-state index in [2.05, 4.69) is 0 Å². The van der Waals surface area contributed by atoms with Crippen LogP contribution < -0.4 is 4.90 Å². The summed E-state index contributed by atoms with van der Waals surface area (Å²) in [6.45, 7) is 2.66. The molecule has 0 spiro atoms. The van der Waals surface area contributed by atoms with Crippen LogP contribution in [0.3, 0.4) is 0 Å². The average molecular weight is 446 g/mol. The van der Waals surface area contributed by atoms with Crippen molar-refractivity contribution >= 4 is 17.5 Å². The smallest absolute Gasteiger partial charge is 0.228 e. The van der Waals surface area contributed by atoms with Gasteiger partial charge in [0.15, 0.2) is 11.6 Å². The van der Waals surface area contributed by atoms with Crippen molar-refractivity contribution in [3.8, 4) is 11.4 Å². The number of aliphatic hydroxyl groups excluding tert-OH is 1. The number of amides is 1. The van der Waals surface area contributed by atoms with Crippen molar-refractivity contribution in [2.75, 3.05) is 18.6 Å². The number of nitrogens with zero attached hydrogens (tertiary/aromatic N) is 3. The van der Waals surface area contributed by atoms with E-state index in [0.29, 0.717) is 43.1 Å². The highest BCUT2D eigenvalue weighted by atomic mass is 16.3. The van der Waals surface area contributed by atoms with Gasteiger partial charge in [-0.15, -0.1) is 0 Å². The summed E-state index contributed by atoms with van der Waals surface area (Å²) in [6.07, 6.45) is 2.86. The third-order valence-electron chi connectivity index (χ3n) is 6.36. The zero-order valence-corrected chi connectivity index (χ0v) is 19.3. The van der Waals surface area contributed by atoms with Crippen molar-refractivity contribution in [2.45, 2.75) is 45.6 Å². The van der Waals surface area contributed by atoms with E-state index in [9.17, 15) is 9.59 Å². The molecule has 0 saturated heterocycles. The summed E-state index contributed by atoms with van der Waals surface area (Å²) < 4.78 is 1.97. The van der Waals surface area contributed by atoms with Gasteiger partial charge in [0.2, 0.25) is 5.91 Å². The molecule has 1 aromatic heterocycles. The second-order valence-corrected chi connectivity index (χ2v) is 8.91. The molecule has 1 atom stereocenters. The van der Waals surface area contributed by atoms with Crippen molar-refractivity contribution in [3.63, 3.8) is 0 Å². The third kappa shape index (κ3) is 5.06. The fourth-order valence-corrected chi connectivity index (χ4v) is 4.47. The van der Waals surface area contributed by atoms with Crippen LogP contribution in [0.1, 0.15) is 53.7 Å². The van der Waals surface area contributed by atoms with E-state index < -0.39 is 0 Å². The minimum atomic E-state index is -0.0324. The maximum Gasteiger partial charge on any atom is 0.228 e. The number of unbranched alkanes of at least 4 members (excludes halogenated alkanes) is 1. The Kier molecular flexibility index (Phi) is 7.04. The Bertz CT molecular complexity index is 1120. The highest BCUT2D eigenvalue weighted by molar-refractivity contribution is 6.06. The number of ketones is 1. The Morgan fingerprint density at radius 3 is 2.42 bits per heavy atom. The molecule has 2 aromatic carbocycles. The Morgan fingerprint density at radius 2 is 1.73 bits per heavy atom. The van der Waals surface area contributed by atoms with Gasteiger partial charge in [-0.3, -0.25) is 14.5 Å². The number of hydrogen-bond acceptors (Lipinski definition) is 4. The van der Waals surface area contributed by atoms with Gasteiger partial charge in [-0.05, 0) is 31.2 Å². The SMILES string of the molecule is Cc1ccc(-c2nc3c(n2Cc2ccccc2)C(=O)CC(CCCCO)CC(=O)N3C)cc1. The van der Waals surface area contributed by atoms with Gasteiger partial charge in [0, 0.05) is 38.6 Å². The quantitative estimate of drug-likeness (QED) is 0.538. The Morgan fingerprint density at radius 1 is 1.00 bits per heavy atom. The first-order valence-electron chi connectivity index (χ1n) is 11.6. The first-order valence-corrected chi connectivity index (χ1v) is 11.6. The molecule has 1 amide bonds. The van der Waals surface area contributed by atoms with E-state index in [1.165, 1.54) is 0 Å². The second kappa shape index (κ2) is 10.1. The van der Waals surface area contributed by atoms with Crippen LogP contribution in [0.4, 0.5) is 5.82 Å². The van der Waals surface area contributed by atoms with Crippen LogP contribution in [-0.4, -0.2) is 40.0 Å². The largest absolute Gasteiger partial charge is 0.396 e. The van der Waals surface area contributed by atoms with Crippen molar-refractivity contribution < 1.29 is 14.7 Å². The number of fused-ring (bicyclic) bond motifs is 1. The van der Waals surface area contributed by atoms with Crippen LogP contribution in [0.25, 0.3) is 11.4 Å². The fourth-order valence-electron chi connectivity index (χ4n) is 4.47. The lowest BCUT2D eigenvalue weighted by Gasteiger charge is -2.24. The summed E-state index contributed by atoms with van der Waals surface area (Å²) in [5.74, 6) is 1.08. The molecule has 33 heavy (non-hydrogen) atoms. The summed E-state index contributed by atoms with van der Waals surface area (Å²) >= 11 is 0. The minimum Gasteiger partial charge on any atom is -0.396 e. The third-order valence-corrected chi connectivity index (χ3v) is 6.36. The molecule has 6 heteroatoms. The fraction of sp³-hybridized carbons (Fsp3) is 0.370. The number of rotatable bonds is 7. The standard InChI is InChI=1S/C27H31N3O3/c1-19-11-13-22(14-12-19)26-28-27-25(30(26)18-20-8-4-3-5-9-20)23(32)16-21(10-6-7-15-31)17-24(33)29(27)2/h3-5,8-9,11-14,21,31H,6-7,10,15-18H2,1-2H3. The number of aliphatic hydroxyl groups is 1. The zero-order chi connectivity index (χ0) is 23.4. The highest BCUT2D eigenvalue weighted by Crippen LogP contribution is 2.34. The first-order chi connectivity index (χ1) is 16.0. The van der Waals surface area contributed by atoms with Crippen LogP contribution in [-0.2, 0) is 11.3 Å². The van der Waals surface area contributed by atoms with E-state index in [0.717, 1.165) is 29.5 Å². The molecule has 1 aliphatic rings. The molecule has 0 aliphatic carbocycles. The molecule has 1 aliphatic heterocycles. The van der Waals surface area contributed by atoms with E-state index in [1.54, 1.807) is 11.9 Å². The summed E-state index contributed by atoms with van der Waals surface area (Å²) in [5, 5.41) is 9.12.